The summed E-state index contributed by atoms with van der Waals surface area (Å²) in [4.78, 5) is 0. The van der Waals surface area contributed by atoms with Gasteiger partial charge in [0.25, 0.3) is 0 Å². The van der Waals surface area contributed by atoms with Gasteiger partial charge < -0.3 is 0 Å². The summed E-state index contributed by atoms with van der Waals surface area (Å²) < 4.78 is 0. The minimum Gasteiger partial charge on any atom is -0.0995 e. The van der Waals surface area contributed by atoms with E-state index in [1.165, 1.54) is 33.4 Å². The van der Waals surface area contributed by atoms with Crippen LogP contribution in [0.25, 0.3) is 5.57 Å². The monoisotopic (exact) mass is 532 g/mol. The molecule has 0 saturated carbocycles. The Labute approximate surface area is 246 Å². The number of rotatable bonds is 12. The lowest BCUT2D eigenvalue weighted by Crippen LogP contribution is -2.05. The van der Waals surface area contributed by atoms with E-state index in [0.29, 0.717) is 11.8 Å². The fraction of sp³-hybridized carbons (Fsp3) is 0.171. The number of allylic oxidation sites excluding steroid dienone is 7. The Hall–Kier alpha value is -4.42. The molecule has 0 amide bonds. The van der Waals surface area contributed by atoms with Crippen LogP contribution in [0.3, 0.4) is 0 Å². The maximum absolute atomic E-state index is 4.54. The van der Waals surface area contributed by atoms with Gasteiger partial charge in [-0.3, -0.25) is 0 Å². The summed E-state index contributed by atoms with van der Waals surface area (Å²) in [5.41, 5.74) is 10.1. The summed E-state index contributed by atoms with van der Waals surface area (Å²) in [6.45, 7) is 13.5. The van der Waals surface area contributed by atoms with E-state index in [-0.39, 0.29) is 5.92 Å². The van der Waals surface area contributed by atoms with E-state index in [0.717, 1.165) is 36.8 Å². The van der Waals surface area contributed by atoms with Crippen molar-refractivity contribution in [3.63, 3.8) is 0 Å². The first kappa shape index (κ1) is 28.1. The van der Waals surface area contributed by atoms with Crippen molar-refractivity contribution < 1.29 is 0 Å². The molecule has 3 unspecified atom stereocenters. The Kier molecular flexibility index (Phi) is 9.45. The first-order chi connectivity index (χ1) is 20.1. The summed E-state index contributed by atoms with van der Waals surface area (Å²) in [7, 11) is 0. The molecule has 204 valence electrons. The summed E-state index contributed by atoms with van der Waals surface area (Å²) >= 11 is 0. The normalized spacial score (nSPS) is 17.2. The summed E-state index contributed by atoms with van der Waals surface area (Å²) in [5.74, 6) is 0.952. The molecule has 0 heteroatoms. The lowest BCUT2D eigenvalue weighted by atomic mass is 9.81. The van der Waals surface area contributed by atoms with E-state index in [1.807, 2.05) is 6.07 Å². The Morgan fingerprint density at radius 2 is 1.24 bits per heavy atom. The van der Waals surface area contributed by atoms with E-state index < -0.39 is 0 Å². The zero-order chi connectivity index (χ0) is 28.4. The van der Waals surface area contributed by atoms with Crippen LogP contribution in [0.15, 0.2) is 176 Å². The van der Waals surface area contributed by atoms with Crippen LogP contribution < -0.4 is 0 Å². The van der Waals surface area contributed by atoms with Crippen LogP contribution in [0.2, 0.25) is 0 Å². The van der Waals surface area contributed by atoms with Gasteiger partial charge in [-0.05, 0) is 59.1 Å². The van der Waals surface area contributed by atoms with Crippen molar-refractivity contribution >= 4 is 5.57 Å². The molecule has 0 aromatic heterocycles. The van der Waals surface area contributed by atoms with Crippen LogP contribution in [-0.2, 0) is 0 Å². The molecule has 1 aliphatic rings. The maximum Gasteiger partial charge on any atom is 0.0296 e. The van der Waals surface area contributed by atoms with Gasteiger partial charge in [-0.25, -0.2) is 0 Å². The number of hydrogen-bond donors (Lipinski definition) is 0. The molecule has 5 rings (SSSR count). The fourth-order valence-corrected chi connectivity index (χ4v) is 6.02. The number of benzene rings is 4. The average Bonchev–Trinajstić information content (AvgIpc) is 3.46. The third-order valence-corrected chi connectivity index (χ3v) is 8.27. The molecular formula is C41H40. The predicted octanol–water partition coefficient (Wildman–Crippen LogP) is 11.2. The molecule has 4 aromatic carbocycles. The highest BCUT2D eigenvalue weighted by molar-refractivity contribution is 5.72. The molecule has 0 spiro atoms. The van der Waals surface area contributed by atoms with E-state index in [2.05, 4.69) is 153 Å². The zero-order valence-corrected chi connectivity index (χ0v) is 24.0. The molecular weight excluding hydrogens is 492 g/mol. The molecule has 0 aliphatic heterocycles. The van der Waals surface area contributed by atoms with Crippen LogP contribution in [0.5, 0.6) is 0 Å². The second-order valence-electron chi connectivity index (χ2n) is 11.1. The van der Waals surface area contributed by atoms with Crippen LogP contribution >= 0.6 is 0 Å². The quantitative estimate of drug-likeness (QED) is 0.159. The molecule has 0 radical (unpaired) electrons. The van der Waals surface area contributed by atoms with Crippen molar-refractivity contribution in [1.82, 2.24) is 0 Å². The topological polar surface area (TPSA) is 0 Å². The maximum atomic E-state index is 4.54. The first-order valence-electron chi connectivity index (χ1n) is 14.7. The van der Waals surface area contributed by atoms with Crippen LogP contribution in [0.4, 0.5) is 0 Å². The molecule has 1 aliphatic carbocycles. The number of hydrogen-bond acceptors (Lipinski definition) is 0. The Balaban J connectivity index is 1.24. The Morgan fingerprint density at radius 3 is 1.88 bits per heavy atom. The van der Waals surface area contributed by atoms with Gasteiger partial charge in [0.05, 0.1) is 0 Å². The largest absolute Gasteiger partial charge is 0.0995 e. The van der Waals surface area contributed by atoms with Crippen molar-refractivity contribution in [2.75, 3.05) is 0 Å². The third-order valence-electron chi connectivity index (χ3n) is 8.27. The molecule has 0 nitrogen and oxygen atoms in total. The minimum atomic E-state index is 0.0899. The smallest absolute Gasteiger partial charge is 0.0296 e. The van der Waals surface area contributed by atoms with Gasteiger partial charge in [-0.1, -0.05) is 170 Å². The summed E-state index contributed by atoms with van der Waals surface area (Å²) in [5, 5.41) is 0. The van der Waals surface area contributed by atoms with E-state index in [9.17, 15) is 0 Å². The van der Waals surface area contributed by atoms with Crippen molar-refractivity contribution in [1.29, 1.82) is 0 Å². The molecule has 0 saturated heterocycles. The summed E-state index contributed by atoms with van der Waals surface area (Å²) in [6.07, 6.45) is 10.9. The Bertz CT molecular complexity index is 1500. The van der Waals surface area contributed by atoms with Crippen molar-refractivity contribution in [2.24, 2.45) is 0 Å². The molecule has 41 heavy (non-hydrogen) atoms. The van der Waals surface area contributed by atoms with Gasteiger partial charge in [0.2, 0.25) is 0 Å². The van der Waals surface area contributed by atoms with Gasteiger partial charge in [-0.15, -0.1) is 0 Å². The van der Waals surface area contributed by atoms with E-state index >= 15 is 0 Å². The lowest BCUT2D eigenvalue weighted by molar-refractivity contribution is 0.712. The lowest BCUT2D eigenvalue weighted by Gasteiger charge is -2.23. The Morgan fingerprint density at radius 1 is 0.683 bits per heavy atom. The average molecular weight is 533 g/mol. The highest BCUT2D eigenvalue weighted by atomic mass is 14.3. The zero-order valence-electron chi connectivity index (χ0n) is 24.0. The van der Waals surface area contributed by atoms with Gasteiger partial charge in [-0.2, -0.15) is 0 Å². The molecule has 0 bridgehead atoms. The van der Waals surface area contributed by atoms with Crippen LogP contribution in [0, 0.1) is 0 Å². The van der Waals surface area contributed by atoms with Gasteiger partial charge in [0, 0.05) is 17.8 Å². The van der Waals surface area contributed by atoms with E-state index in [1.54, 1.807) is 0 Å². The minimum absolute atomic E-state index is 0.0899. The van der Waals surface area contributed by atoms with Crippen molar-refractivity contribution in [2.45, 2.75) is 43.4 Å². The van der Waals surface area contributed by atoms with Gasteiger partial charge in [0.1, 0.15) is 0 Å². The SMILES string of the molecule is C=C(C/C=C/C1=CC(c2ccccc2)CC1c1ccccc1)CCC(=C)C(C(=C)c1ccccc1)c1ccccc1. The van der Waals surface area contributed by atoms with Crippen LogP contribution in [-0.4, -0.2) is 0 Å². The second-order valence-corrected chi connectivity index (χ2v) is 11.1. The highest BCUT2D eigenvalue weighted by Crippen LogP contribution is 2.44. The molecule has 4 aromatic rings. The highest BCUT2D eigenvalue weighted by Gasteiger charge is 2.27. The van der Waals surface area contributed by atoms with E-state index in [4.69, 9.17) is 0 Å². The van der Waals surface area contributed by atoms with Crippen molar-refractivity contribution in [3.05, 3.63) is 198 Å². The molecule has 0 N–H and O–H groups in total. The molecule has 0 fully saturated rings. The van der Waals surface area contributed by atoms with Crippen molar-refractivity contribution in [3.8, 4) is 0 Å². The van der Waals surface area contributed by atoms with Gasteiger partial charge in [0.15, 0.2) is 0 Å². The standard InChI is InChI=1S/C41H40/c1-31(27-28-32(2)41(37-24-14-7-15-25-37)33(3)34-18-8-4-9-19-34)17-16-26-38-29-39(35-20-10-5-11-21-35)30-40(38)36-22-12-6-13-23-36/h4-16,18-26,29,39-41H,1-3,17,27-28,30H2/b26-16+. The molecule has 3 atom stereocenters. The van der Waals surface area contributed by atoms with Crippen LogP contribution in [0.1, 0.15) is 65.7 Å². The fourth-order valence-electron chi connectivity index (χ4n) is 6.02. The second kappa shape index (κ2) is 13.8. The summed E-state index contributed by atoms with van der Waals surface area (Å²) in [6, 6.07) is 42.9. The third kappa shape index (κ3) is 7.21. The molecule has 0 heterocycles. The predicted molar refractivity (Wildman–Crippen MR) is 177 cm³/mol. The van der Waals surface area contributed by atoms with Gasteiger partial charge >= 0.3 is 0 Å². The first-order valence-corrected chi connectivity index (χ1v) is 14.7.